The van der Waals surface area contributed by atoms with Gasteiger partial charge in [0.15, 0.2) is 11.5 Å². The van der Waals surface area contributed by atoms with Crippen molar-refractivity contribution in [2.24, 2.45) is 0 Å². The average molecular weight is 354 g/mol. The summed E-state index contributed by atoms with van der Waals surface area (Å²) in [5.74, 6) is 1.00. The molecular formula is C17H18N6OS. The Morgan fingerprint density at radius 2 is 1.96 bits per heavy atom. The largest absolute Gasteiger partial charge is 0.366 e. The molecule has 0 radical (unpaired) electrons. The lowest BCUT2D eigenvalue weighted by Gasteiger charge is -2.14. The topological polar surface area (TPSA) is 83.0 Å². The van der Waals surface area contributed by atoms with Crippen LogP contribution in [0.2, 0.25) is 0 Å². The summed E-state index contributed by atoms with van der Waals surface area (Å²) >= 11 is 4.16. The van der Waals surface area contributed by atoms with Crippen LogP contribution < -0.4 is 14.9 Å². The lowest BCUT2D eigenvalue weighted by atomic mass is 10.2. The van der Waals surface area contributed by atoms with Crippen LogP contribution in [0.5, 0.6) is 0 Å². The monoisotopic (exact) mass is 354 g/mol. The summed E-state index contributed by atoms with van der Waals surface area (Å²) in [6.07, 6.45) is 1.49. The highest BCUT2D eigenvalue weighted by Gasteiger charge is 2.14. The van der Waals surface area contributed by atoms with Gasteiger partial charge in [-0.25, -0.2) is 24.1 Å². The van der Waals surface area contributed by atoms with E-state index in [0.29, 0.717) is 35.9 Å². The second-order valence-corrected chi connectivity index (χ2v) is 5.65. The molecule has 2 amide bonds. The molecule has 0 fully saturated rings. The van der Waals surface area contributed by atoms with Crippen LogP contribution in [0.25, 0.3) is 11.2 Å². The average Bonchev–Trinajstić information content (AvgIpc) is 2.66. The number of hydrogen-bond acceptors (Lipinski definition) is 6. The Hall–Kier alpha value is -2.87. The number of carbonyl (C=O) groups excluding carboxylic acids is 1. The lowest BCUT2D eigenvalue weighted by Crippen LogP contribution is -2.34. The summed E-state index contributed by atoms with van der Waals surface area (Å²) in [4.78, 5) is 25.0. The molecule has 0 saturated heterocycles. The number of anilines is 2. The van der Waals surface area contributed by atoms with Crippen LogP contribution in [0.15, 0.2) is 48.7 Å². The fraction of sp³-hybridized carbons (Fsp3) is 0.176. The van der Waals surface area contributed by atoms with Gasteiger partial charge >= 0.3 is 6.03 Å². The molecule has 0 atom stereocenters. The number of carbonyl (C=O) groups is 1. The third-order valence-corrected chi connectivity index (χ3v) is 3.83. The molecule has 0 aliphatic carbocycles. The maximum atomic E-state index is 11.8. The summed E-state index contributed by atoms with van der Waals surface area (Å²) in [5.41, 5.74) is 2.24. The van der Waals surface area contributed by atoms with E-state index in [1.54, 1.807) is 0 Å². The summed E-state index contributed by atoms with van der Waals surface area (Å²) < 4.78 is 1.11. The van der Waals surface area contributed by atoms with Crippen LogP contribution in [0.3, 0.4) is 0 Å². The molecule has 1 aromatic carbocycles. The van der Waals surface area contributed by atoms with Gasteiger partial charge in [-0.2, -0.15) is 0 Å². The summed E-state index contributed by atoms with van der Waals surface area (Å²) in [6, 6.07) is 13.4. The Morgan fingerprint density at radius 1 is 1.16 bits per heavy atom. The van der Waals surface area contributed by atoms with E-state index in [1.165, 1.54) is 6.20 Å². The van der Waals surface area contributed by atoms with Crippen molar-refractivity contribution >= 4 is 41.6 Å². The molecule has 2 N–H and O–H groups in total. The molecule has 2 heterocycles. The van der Waals surface area contributed by atoms with Crippen molar-refractivity contribution in [3.8, 4) is 0 Å². The number of thiol groups is 1. The molecule has 25 heavy (non-hydrogen) atoms. The van der Waals surface area contributed by atoms with Gasteiger partial charge in [-0.15, -0.1) is 0 Å². The zero-order valence-electron chi connectivity index (χ0n) is 13.7. The minimum atomic E-state index is -0.363. The first kappa shape index (κ1) is 17.0. The molecule has 0 spiro atoms. The van der Waals surface area contributed by atoms with Gasteiger partial charge in [-0.1, -0.05) is 43.1 Å². The Bertz CT molecular complexity index is 873. The van der Waals surface area contributed by atoms with Gasteiger partial charge in [0.1, 0.15) is 11.3 Å². The quantitative estimate of drug-likeness (QED) is 0.614. The van der Waals surface area contributed by atoms with E-state index in [4.69, 9.17) is 0 Å². The van der Waals surface area contributed by atoms with E-state index in [-0.39, 0.29) is 6.03 Å². The zero-order valence-corrected chi connectivity index (χ0v) is 14.6. The van der Waals surface area contributed by atoms with E-state index >= 15 is 0 Å². The fourth-order valence-corrected chi connectivity index (χ4v) is 2.37. The molecule has 3 aromatic rings. The third kappa shape index (κ3) is 4.16. The van der Waals surface area contributed by atoms with E-state index in [9.17, 15) is 4.79 Å². The van der Waals surface area contributed by atoms with E-state index in [0.717, 1.165) is 9.87 Å². The van der Waals surface area contributed by atoms with Crippen LogP contribution in [0.4, 0.5) is 16.4 Å². The molecule has 7 nitrogen and oxygen atoms in total. The summed E-state index contributed by atoms with van der Waals surface area (Å²) in [6.45, 7) is 2.99. The van der Waals surface area contributed by atoms with Crippen molar-refractivity contribution in [3.05, 3.63) is 54.2 Å². The molecule has 128 valence electrons. The minimum Gasteiger partial charge on any atom is -0.366 e. The SMILES string of the molecule is CCNC(=O)N(S)c1cnc2ccc(NCc3ccccc3)nc2n1. The number of benzene rings is 1. The van der Waals surface area contributed by atoms with Crippen molar-refractivity contribution in [1.82, 2.24) is 20.3 Å². The molecule has 0 bridgehead atoms. The van der Waals surface area contributed by atoms with Gasteiger partial charge in [-0.05, 0) is 24.6 Å². The van der Waals surface area contributed by atoms with Crippen molar-refractivity contribution < 1.29 is 4.79 Å². The van der Waals surface area contributed by atoms with Gasteiger partial charge in [0, 0.05) is 13.1 Å². The van der Waals surface area contributed by atoms with Crippen molar-refractivity contribution in [1.29, 1.82) is 0 Å². The molecule has 0 saturated carbocycles. The second kappa shape index (κ2) is 7.80. The number of amides is 2. The van der Waals surface area contributed by atoms with Crippen molar-refractivity contribution in [2.45, 2.75) is 13.5 Å². The number of urea groups is 1. The van der Waals surface area contributed by atoms with Gasteiger partial charge in [0.05, 0.1) is 6.20 Å². The Morgan fingerprint density at radius 3 is 2.72 bits per heavy atom. The number of aromatic nitrogens is 3. The normalized spacial score (nSPS) is 10.5. The maximum Gasteiger partial charge on any atom is 0.333 e. The zero-order chi connectivity index (χ0) is 17.6. The van der Waals surface area contributed by atoms with Crippen molar-refractivity contribution in [3.63, 3.8) is 0 Å². The van der Waals surface area contributed by atoms with E-state index < -0.39 is 0 Å². The number of nitrogens with zero attached hydrogens (tertiary/aromatic N) is 4. The van der Waals surface area contributed by atoms with Crippen LogP contribution >= 0.6 is 12.8 Å². The molecule has 0 unspecified atom stereocenters. The molecule has 0 aliphatic heterocycles. The molecule has 3 rings (SSSR count). The highest BCUT2D eigenvalue weighted by atomic mass is 32.1. The summed E-state index contributed by atoms with van der Waals surface area (Å²) in [7, 11) is 0. The first-order valence-corrected chi connectivity index (χ1v) is 8.26. The maximum absolute atomic E-state index is 11.8. The van der Waals surface area contributed by atoms with Crippen LogP contribution in [0.1, 0.15) is 12.5 Å². The highest BCUT2D eigenvalue weighted by molar-refractivity contribution is 7.82. The minimum absolute atomic E-state index is 0.314. The Balaban J connectivity index is 1.79. The molecule has 8 heteroatoms. The molecule has 2 aromatic heterocycles. The lowest BCUT2D eigenvalue weighted by molar-refractivity contribution is 0.250. The van der Waals surface area contributed by atoms with Gasteiger partial charge in [0.2, 0.25) is 0 Å². The van der Waals surface area contributed by atoms with Crippen LogP contribution in [-0.2, 0) is 6.54 Å². The number of hydrogen-bond donors (Lipinski definition) is 3. The summed E-state index contributed by atoms with van der Waals surface area (Å²) in [5, 5.41) is 5.91. The van der Waals surface area contributed by atoms with E-state index in [2.05, 4.69) is 38.4 Å². The Labute approximate surface area is 151 Å². The van der Waals surface area contributed by atoms with Gasteiger partial charge < -0.3 is 10.6 Å². The van der Waals surface area contributed by atoms with Crippen molar-refractivity contribution in [2.75, 3.05) is 16.2 Å². The predicted molar refractivity (Wildman–Crippen MR) is 102 cm³/mol. The fourth-order valence-electron chi connectivity index (χ4n) is 2.21. The second-order valence-electron chi connectivity index (χ2n) is 5.25. The number of fused-ring (bicyclic) bond motifs is 1. The van der Waals surface area contributed by atoms with E-state index in [1.807, 2.05) is 49.4 Å². The number of pyridine rings is 1. The highest BCUT2D eigenvalue weighted by Crippen LogP contribution is 2.18. The molecule has 0 aliphatic rings. The van der Waals surface area contributed by atoms with Crippen LogP contribution in [0, 0.1) is 0 Å². The predicted octanol–water partition coefficient (Wildman–Crippen LogP) is 3.02. The van der Waals surface area contributed by atoms with Gasteiger partial charge in [0.25, 0.3) is 0 Å². The third-order valence-electron chi connectivity index (χ3n) is 3.45. The Kier molecular flexibility index (Phi) is 5.30. The smallest absolute Gasteiger partial charge is 0.333 e. The number of rotatable bonds is 5. The number of nitrogens with one attached hydrogen (secondary N) is 2. The first-order valence-electron chi connectivity index (χ1n) is 7.86. The molecular weight excluding hydrogens is 336 g/mol. The van der Waals surface area contributed by atoms with Crippen LogP contribution in [-0.4, -0.2) is 27.5 Å². The van der Waals surface area contributed by atoms with Gasteiger partial charge in [-0.3, -0.25) is 0 Å². The first-order chi connectivity index (χ1) is 12.2. The standard InChI is InChI=1S/C17H18N6OS/c1-2-18-17(24)23(25)15-11-19-13-8-9-14(21-16(13)22-15)20-10-12-6-4-3-5-7-12/h3-9,11,25H,2,10H2,1H3,(H,18,24)(H,20,21,22).